The van der Waals surface area contributed by atoms with Gasteiger partial charge in [-0.15, -0.1) is 12.4 Å². The van der Waals surface area contributed by atoms with Crippen LogP contribution in [0.15, 0.2) is 58.3 Å². The van der Waals surface area contributed by atoms with Crippen molar-refractivity contribution in [2.24, 2.45) is 0 Å². The number of thiophene rings is 1. The molecule has 0 saturated heterocycles. The van der Waals surface area contributed by atoms with Gasteiger partial charge in [-0.3, -0.25) is 0 Å². The van der Waals surface area contributed by atoms with Crippen LogP contribution in [0.3, 0.4) is 0 Å². The van der Waals surface area contributed by atoms with Crippen molar-refractivity contribution < 1.29 is 8.42 Å². The van der Waals surface area contributed by atoms with Crippen LogP contribution in [-0.4, -0.2) is 19.4 Å². The van der Waals surface area contributed by atoms with Crippen LogP contribution in [0.4, 0.5) is 0 Å². The molecule has 0 radical (unpaired) electrons. The molecule has 0 aliphatic carbocycles. The van der Waals surface area contributed by atoms with Gasteiger partial charge >= 0.3 is 0 Å². The number of nitrogens with zero attached hydrogens (tertiary/aromatic N) is 1. The number of rotatable bonds is 5. The number of hydrogen-bond donors (Lipinski definition) is 1. The highest BCUT2D eigenvalue weighted by molar-refractivity contribution is 7.90. The molecule has 3 rings (SSSR count). The van der Waals surface area contributed by atoms with Crippen LogP contribution in [0.5, 0.6) is 0 Å². The monoisotopic (exact) mass is 382 g/mol. The number of nitrogens with one attached hydrogen (secondary N) is 1. The molecule has 24 heavy (non-hydrogen) atoms. The van der Waals surface area contributed by atoms with Crippen LogP contribution in [0.2, 0.25) is 0 Å². The molecule has 7 heteroatoms. The van der Waals surface area contributed by atoms with Gasteiger partial charge in [0.05, 0.1) is 10.6 Å². The summed E-state index contributed by atoms with van der Waals surface area (Å²) in [7, 11) is -1.74. The fraction of sp³-hybridized carbons (Fsp3) is 0.176. The minimum atomic E-state index is -3.60. The highest BCUT2D eigenvalue weighted by Gasteiger charge is 2.24. The van der Waals surface area contributed by atoms with Crippen LogP contribution >= 0.6 is 23.7 Å². The van der Waals surface area contributed by atoms with Crippen LogP contribution in [0.1, 0.15) is 11.1 Å². The van der Waals surface area contributed by atoms with Crippen molar-refractivity contribution in [2.45, 2.75) is 18.4 Å². The molecule has 1 N–H and O–H groups in total. The lowest BCUT2D eigenvalue weighted by atomic mass is 10.1. The second-order valence-electron chi connectivity index (χ2n) is 5.28. The Balaban J connectivity index is 0.00000208. The van der Waals surface area contributed by atoms with Gasteiger partial charge in [-0.2, -0.15) is 11.3 Å². The summed E-state index contributed by atoms with van der Waals surface area (Å²) in [5, 5.41) is 6.54. The summed E-state index contributed by atoms with van der Waals surface area (Å²) in [6.45, 7) is 2.59. The van der Waals surface area contributed by atoms with Crippen LogP contribution in [0, 0.1) is 6.92 Å². The summed E-state index contributed by atoms with van der Waals surface area (Å²) in [6.07, 6.45) is 1.72. The predicted molar refractivity (Wildman–Crippen MR) is 102 cm³/mol. The van der Waals surface area contributed by atoms with Crippen molar-refractivity contribution in [1.82, 2.24) is 9.29 Å². The van der Waals surface area contributed by atoms with Gasteiger partial charge < -0.3 is 5.32 Å². The Morgan fingerprint density at radius 1 is 1.17 bits per heavy atom. The van der Waals surface area contributed by atoms with Crippen molar-refractivity contribution in [3.63, 3.8) is 0 Å². The smallest absolute Gasteiger partial charge is 0.269 e. The molecule has 0 fully saturated rings. The van der Waals surface area contributed by atoms with E-state index in [1.807, 2.05) is 44.3 Å². The second kappa shape index (κ2) is 7.53. The Labute approximate surface area is 152 Å². The summed E-state index contributed by atoms with van der Waals surface area (Å²) in [5.41, 5.74) is 3.57. The Bertz CT molecular complexity index is 902. The first-order chi connectivity index (χ1) is 11.1. The van der Waals surface area contributed by atoms with Crippen molar-refractivity contribution in [1.29, 1.82) is 0 Å². The zero-order valence-corrected chi connectivity index (χ0v) is 15.8. The minimum Gasteiger partial charge on any atom is -0.316 e. The molecule has 0 bridgehead atoms. The maximum atomic E-state index is 13.0. The third kappa shape index (κ3) is 3.28. The third-order valence-electron chi connectivity index (χ3n) is 3.80. The van der Waals surface area contributed by atoms with E-state index in [1.165, 1.54) is 15.3 Å². The van der Waals surface area contributed by atoms with E-state index >= 15 is 0 Å². The van der Waals surface area contributed by atoms with Crippen LogP contribution in [-0.2, 0) is 16.6 Å². The van der Waals surface area contributed by atoms with Gasteiger partial charge in [0.25, 0.3) is 10.0 Å². The summed E-state index contributed by atoms with van der Waals surface area (Å²) < 4.78 is 27.4. The molecule has 0 atom stereocenters. The normalized spacial score (nSPS) is 11.2. The average molecular weight is 383 g/mol. The van der Waals surface area contributed by atoms with E-state index in [9.17, 15) is 8.42 Å². The number of hydrogen-bond acceptors (Lipinski definition) is 4. The van der Waals surface area contributed by atoms with Crippen molar-refractivity contribution in [2.75, 3.05) is 7.05 Å². The SMILES string of the molecule is CNCc1cn(S(=O)(=O)c2ccsc2)c(-c2ccccc2)c1C.Cl. The van der Waals surface area contributed by atoms with Crippen molar-refractivity contribution in [3.05, 3.63) is 64.5 Å². The van der Waals surface area contributed by atoms with E-state index in [0.29, 0.717) is 11.4 Å². The van der Waals surface area contributed by atoms with Gasteiger partial charge in [0.15, 0.2) is 0 Å². The standard InChI is InChI=1S/C17H18N2O2S2.ClH/c1-13-15(10-18-2)11-19(17(13)14-6-4-3-5-7-14)23(20,21)16-8-9-22-12-16;/h3-9,11-12,18H,10H2,1-2H3;1H. The molecule has 0 aliphatic rings. The fourth-order valence-corrected chi connectivity index (χ4v) is 5.10. The van der Waals surface area contributed by atoms with E-state index in [1.54, 1.807) is 23.0 Å². The quantitative estimate of drug-likeness (QED) is 0.728. The first-order valence-corrected chi connectivity index (χ1v) is 9.62. The lowest BCUT2D eigenvalue weighted by molar-refractivity contribution is 0.588. The lowest BCUT2D eigenvalue weighted by Gasteiger charge is -2.10. The first-order valence-electron chi connectivity index (χ1n) is 7.24. The molecule has 3 aromatic rings. The topological polar surface area (TPSA) is 51.1 Å². The van der Waals surface area contributed by atoms with E-state index in [0.717, 1.165) is 22.4 Å². The fourth-order valence-electron chi connectivity index (χ4n) is 2.63. The molecule has 2 aromatic heterocycles. The Morgan fingerprint density at radius 2 is 1.88 bits per heavy atom. The maximum absolute atomic E-state index is 13.0. The van der Waals surface area contributed by atoms with Crippen molar-refractivity contribution in [3.8, 4) is 11.3 Å². The first kappa shape index (κ1) is 18.7. The zero-order chi connectivity index (χ0) is 16.4. The molecular weight excluding hydrogens is 364 g/mol. The molecule has 0 spiro atoms. The molecule has 1 aromatic carbocycles. The zero-order valence-electron chi connectivity index (χ0n) is 13.4. The molecule has 0 unspecified atom stereocenters. The van der Waals surface area contributed by atoms with E-state index < -0.39 is 10.0 Å². The molecular formula is C17H19ClN2O2S2. The lowest BCUT2D eigenvalue weighted by Crippen LogP contribution is -2.12. The van der Waals surface area contributed by atoms with Gasteiger partial charge in [0.2, 0.25) is 0 Å². The number of halogens is 1. The number of aromatic nitrogens is 1. The van der Waals surface area contributed by atoms with Gasteiger partial charge in [0, 0.05) is 18.1 Å². The largest absolute Gasteiger partial charge is 0.316 e. The highest BCUT2D eigenvalue weighted by atomic mass is 35.5. The van der Waals surface area contributed by atoms with Crippen LogP contribution < -0.4 is 5.32 Å². The minimum absolute atomic E-state index is 0. The van der Waals surface area contributed by atoms with E-state index in [4.69, 9.17) is 0 Å². The summed E-state index contributed by atoms with van der Waals surface area (Å²) in [5.74, 6) is 0. The molecule has 0 aliphatic heterocycles. The Hall–Kier alpha value is -1.60. The van der Waals surface area contributed by atoms with E-state index in [-0.39, 0.29) is 12.4 Å². The van der Waals surface area contributed by atoms with E-state index in [2.05, 4.69) is 5.32 Å². The summed E-state index contributed by atoms with van der Waals surface area (Å²) >= 11 is 1.38. The van der Waals surface area contributed by atoms with Crippen LogP contribution in [0.25, 0.3) is 11.3 Å². The van der Waals surface area contributed by atoms with Crippen molar-refractivity contribution >= 4 is 33.8 Å². The van der Waals surface area contributed by atoms with Gasteiger partial charge in [-0.25, -0.2) is 12.4 Å². The summed E-state index contributed by atoms with van der Waals surface area (Å²) in [6, 6.07) is 11.3. The second-order valence-corrected chi connectivity index (χ2v) is 7.88. The molecule has 2 heterocycles. The third-order valence-corrected chi connectivity index (χ3v) is 6.28. The molecule has 0 saturated carbocycles. The number of benzene rings is 1. The Morgan fingerprint density at radius 3 is 2.46 bits per heavy atom. The van der Waals surface area contributed by atoms with Gasteiger partial charge in [0.1, 0.15) is 0 Å². The van der Waals surface area contributed by atoms with Gasteiger partial charge in [-0.05, 0) is 42.1 Å². The average Bonchev–Trinajstić information content (AvgIpc) is 3.18. The van der Waals surface area contributed by atoms with Gasteiger partial charge in [-0.1, -0.05) is 30.3 Å². The Kier molecular flexibility index (Phi) is 5.87. The molecule has 128 valence electrons. The summed E-state index contributed by atoms with van der Waals surface area (Å²) in [4.78, 5) is 0.325. The molecule has 0 amide bonds. The molecule has 4 nitrogen and oxygen atoms in total. The predicted octanol–water partition coefficient (Wildman–Crippen LogP) is 3.90. The highest BCUT2D eigenvalue weighted by Crippen LogP contribution is 2.31. The maximum Gasteiger partial charge on any atom is 0.269 e.